The van der Waals surface area contributed by atoms with Crippen molar-refractivity contribution >= 4 is 39.3 Å². The van der Waals surface area contributed by atoms with Crippen molar-refractivity contribution in [1.82, 2.24) is 14.8 Å². The molecule has 1 aromatic heterocycles. The van der Waals surface area contributed by atoms with Gasteiger partial charge in [0, 0.05) is 69.2 Å². The molecule has 9 nitrogen and oxygen atoms in total. The maximum Gasteiger partial charge on any atom is 0.248 e. The summed E-state index contributed by atoms with van der Waals surface area (Å²) in [7, 11) is 1.71. The van der Waals surface area contributed by atoms with Gasteiger partial charge in [-0.25, -0.2) is 0 Å². The van der Waals surface area contributed by atoms with Crippen molar-refractivity contribution in [3.63, 3.8) is 0 Å². The maximum absolute atomic E-state index is 11.7. The molecule has 1 amide bonds. The third-order valence-corrected chi connectivity index (χ3v) is 8.25. The average molecular weight is 502 g/mol. The van der Waals surface area contributed by atoms with Crippen LogP contribution in [0.25, 0.3) is 10.9 Å². The first kappa shape index (κ1) is 24.4. The Bertz CT molecular complexity index is 1060. The quantitative estimate of drug-likeness (QED) is 0.509. The number of carbonyl (C=O) groups is 1. The number of aromatic nitrogens is 1. The number of nitrogens with zero attached hydrogens (tertiary/aromatic N) is 3. The number of piperazine rings is 1. The van der Waals surface area contributed by atoms with Gasteiger partial charge in [-0.1, -0.05) is 0 Å². The van der Waals surface area contributed by atoms with Crippen molar-refractivity contribution in [2.45, 2.75) is 31.3 Å². The number of methoxy groups -OCH3 is 1. The largest absolute Gasteiger partial charge is 0.497 e. The highest BCUT2D eigenvalue weighted by molar-refractivity contribution is 8.14. The minimum atomic E-state index is -0.398. The number of aromatic amines is 1. The van der Waals surface area contributed by atoms with Crippen LogP contribution in [0.15, 0.2) is 23.2 Å². The fourth-order valence-corrected chi connectivity index (χ4v) is 6.07. The number of benzene rings is 1. The first-order valence-corrected chi connectivity index (χ1v) is 13.5. The van der Waals surface area contributed by atoms with Gasteiger partial charge in [0.25, 0.3) is 0 Å². The van der Waals surface area contributed by atoms with Crippen molar-refractivity contribution in [1.29, 1.82) is 0 Å². The second-order valence-corrected chi connectivity index (χ2v) is 10.4. The van der Waals surface area contributed by atoms with Crippen LogP contribution in [0.1, 0.15) is 25.0 Å². The van der Waals surface area contributed by atoms with Crippen molar-refractivity contribution < 1.29 is 19.4 Å². The zero-order valence-electron chi connectivity index (χ0n) is 20.3. The fraction of sp³-hybridized carbons (Fsp3) is 0.600. The lowest BCUT2D eigenvalue weighted by atomic mass is 10.1. The van der Waals surface area contributed by atoms with Gasteiger partial charge < -0.3 is 29.8 Å². The lowest BCUT2D eigenvalue weighted by Gasteiger charge is -2.34. The molecule has 0 bridgehead atoms. The molecule has 2 saturated heterocycles. The fourth-order valence-electron chi connectivity index (χ4n) is 4.99. The van der Waals surface area contributed by atoms with Crippen molar-refractivity contribution in [3.8, 4) is 5.75 Å². The first-order chi connectivity index (χ1) is 17.1. The van der Waals surface area contributed by atoms with E-state index in [0.717, 1.165) is 90.9 Å². The molecular weight excluding hydrogens is 466 g/mol. The third-order valence-electron chi connectivity index (χ3n) is 7.10. The molecule has 190 valence electrons. The summed E-state index contributed by atoms with van der Waals surface area (Å²) in [6.45, 7) is 5.27. The maximum atomic E-state index is 11.7. The molecule has 0 unspecified atom stereocenters. The molecule has 2 aromatic rings. The molecule has 3 aliphatic heterocycles. The van der Waals surface area contributed by atoms with E-state index in [4.69, 9.17) is 19.6 Å². The van der Waals surface area contributed by atoms with Crippen LogP contribution in [0.2, 0.25) is 0 Å². The number of hydrogen-bond donors (Lipinski definition) is 3. The number of H-pyrrole nitrogens is 1. The monoisotopic (exact) mass is 501 g/mol. The number of aliphatic hydroxyl groups is 1. The van der Waals surface area contributed by atoms with Gasteiger partial charge in [-0.3, -0.25) is 14.7 Å². The number of fused-ring (bicyclic) bond motifs is 1. The minimum Gasteiger partial charge on any atom is -0.497 e. The molecule has 1 atom stereocenters. The summed E-state index contributed by atoms with van der Waals surface area (Å²) in [4.78, 5) is 24.4. The lowest BCUT2D eigenvalue weighted by Crippen LogP contribution is -2.49. The Balaban J connectivity index is 1.23. The zero-order chi connectivity index (χ0) is 24.2. The summed E-state index contributed by atoms with van der Waals surface area (Å²) in [5.74, 6) is 1.66. The van der Waals surface area contributed by atoms with Crippen LogP contribution < -0.4 is 10.1 Å². The molecule has 2 fully saturated rings. The van der Waals surface area contributed by atoms with Gasteiger partial charge in [0.05, 0.1) is 30.0 Å². The molecule has 4 heterocycles. The summed E-state index contributed by atoms with van der Waals surface area (Å²) in [5.41, 5.74) is 3.22. The Morgan fingerprint density at radius 2 is 2.06 bits per heavy atom. The van der Waals surface area contributed by atoms with E-state index in [2.05, 4.69) is 33.4 Å². The van der Waals surface area contributed by atoms with Crippen LogP contribution in [-0.2, 0) is 9.53 Å². The highest BCUT2D eigenvalue weighted by atomic mass is 32.2. The molecule has 0 aliphatic carbocycles. The van der Waals surface area contributed by atoms with Crippen molar-refractivity contribution in [2.24, 2.45) is 4.99 Å². The number of aliphatic imine (C=N–C) groups is 1. The number of amides is 1. The van der Waals surface area contributed by atoms with E-state index < -0.39 is 6.61 Å². The molecule has 35 heavy (non-hydrogen) atoms. The zero-order valence-corrected chi connectivity index (χ0v) is 21.1. The Kier molecular flexibility index (Phi) is 7.81. The van der Waals surface area contributed by atoms with Gasteiger partial charge in [-0.15, -0.1) is 11.8 Å². The van der Waals surface area contributed by atoms with Gasteiger partial charge in [0.1, 0.15) is 17.4 Å². The standard InChI is InChI=1S/C25H35N5O4S/c1-33-20-12-17-13-22(28-24(17)21(14-20)26-18-3-10-34-11-4-18)25-27-19(16-35-25)2-5-29-6-8-30(9-7-29)23(32)15-31/h12-14,18-19,26,28,31H,2-11,15-16H2,1H3/t19-/m1/s1. The summed E-state index contributed by atoms with van der Waals surface area (Å²) in [6.07, 6.45) is 3.02. The van der Waals surface area contributed by atoms with E-state index in [-0.39, 0.29) is 5.91 Å². The Morgan fingerprint density at radius 1 is 1.26 bits per heavy atom. The molecule has 5 rings (SSSR count). The third kappa shape index (κ3) is 5.77. The van der Waals surface area contributed by atoms with Crippen molar-refractivity contribution in [2.75, 3.05) is 70.7 Å². The first-order valence-electron chi connectivity index (χ1n) is 12.5. The number of thioether (sulfide) groups is 1. The molecule has 3 N–H and O–H groups in total. The summed E-state index contributed by atoms with van der Waals surface area (Å²) in [6, 6.07) is 7.02. The SMILES string of the molecule is COc1cc(NC2CCOCC2)c2[nH]c(C3=N[C@H](CCN4CCN(C(=O)CO)CC4)CS3)cc2c1. The Labute approximate surface area is 210 Å². The van der Waals surface area contributed by atoms with Crippen LogP contribution >= 0.6 is 11.8 Å². The van der Waals surface area contributed by atoms with Crippen LogP contribution in [-0.4, -0.2) is 108 Å². The number of anilines is 1. The topological polar surface area (TPSA) is 102 Å². The van der Waals surface area contributed by atoms with E-state index in [9.17, 15) is 4.79 Å². The molecular formula is C25H35N5O4S. The molecule has 0 spiro atoms. The van der Waals surface area contributed by atoms with Gasteiger partial charge in [0.15, 0.2) is 0 Å². The number of hydrogen-bond acceptors (Lipinski definition) is 8. The van der Waals surface area contributed by atoms with Crippen LogP contribution in [0.3, 0.4) is 0 Å². The highest BCUT2D eigenvalue weighted by Gasteiger charge is 2.25. The predicted octanol–water partition coefficient (Wildman–Crippen LogP) is 2.16. The van der Waals surface area contributed by atoms with E-state index in [1.165, 1.54) is 0 Å². The molecule has 1 aromatic carbocycles. The highest BCUT2D eigenvalue weighted by Crippen LogP contribution is 2.33. The number of carbonyl (C=O) groups excluding carboxylic acids is 1. The normalized spacial score (nSPS) is 21.9. The summed E-state index contributed by atoms with van der Waals surface area (Å²) >= 11 is 1.82. The number of nitrogens with one attached hydrogen (secondary N) is 2. The Hall–Kier alpha value is -2.27. The smallest absolute Gasteiger partial charge is 0.248 e. The van der Waals surface area contributed by atoms with E-state index in [1.54, 1.807) is 12.0 Å². The van der Waals surface area contributed by atoms with Gasteiger partial charge in [0.2, 0.25) is 5.91 Å². The van der Waals surface area contributed by atoms with E-state index >= 15 is 0 Å². The number of ether oxygens (including phenoxy) is 2. The van der Waals surface area contributed by atoms with Gasteiger partial charge >= 0.3 is 0 Å². The summed E-state index contributed by atoms with van der Waals surface area (Å²) < 4.78 is 11.1. The van der Waals surface area contributed by atoms with Crippen molar-refractivity contribution in [3.05, 3.63) is 23.9 Å². The average Bonchev–Trinajstić information content (AvgIpc) is 3.55. The summed E-state index contributed by atoms with van der Waals surface area (Å²) in [5, 5.41) is 14.9. The predicted molar refractivity (Wildman–Crippen MR) is 140 cm³/mol. The Morgan fingerprint density at radius 3 is 2.80 bits per heavy atom. The van der Waals surface area contributed by atoms with Gasteiger partial charge in [-0.2, -0.15) is 0 Å². The van der Waals surface area contributed by atoms with Crippen LogP contribution in [0.5, 0.6) is 5.75 Å². The van der Waals surface area contributed by atoms with E-state index in [1.807, 2.05) is 11.8 Å². The van der Waals surface area contributed by atoms with Crippen LogP contribution in [0, 0.1) is 0 Å². The lowest BCUT2D eigenvalue weighted by molar-refractivity contribution is -0.135. The number of rotatable bonds is 8. The molecule has 0 saturated carbocycles. The van der Waals surface area contributed by atoms with Crippen LogP contribution in [0.4, 0.5) is 5.69 Å². The number of aliphatic hydroxyl groups excluding tert-OH is 1. The second kappa shape index (κ2) is 11.2. The van der Waals surface area contributed by atoms with Gasteiger partial charge in [-0.05, 0) is 31.4 Å². The molecule has 3 aliphatic rings. The van der Waals surface area contributed by atoms with E-state index in [0.29, 0.717) is 25.2 Å². The minimum absolute atomic E-state index is 0.173. The molecule has 10 heteroatoms. The second-order valence-electron chi connectivity index (χ2n) is 9.42. The molecule has 0 radical (unpaired) electrons.